The van der Waals surface area contributed by atoms with Gasteiger partial charge in [-0.15, -0.1) is 0 Å². The molecule has 1 atom stereocenters. The lowest BCUT2D eigenvalue weighted by atomic mass is 10.1. The Morgan fingerprint density at radius 2 is 2.08 bits per heavy atom. The molecule has 1 aliphatic heterocycles. The van der Waals surface area contributed by atoms with Crippen LogP contribution in [-0.4, -0.2) is 18.6 Å². The molecule has 0 fully saturated rings. The number of amides is 1. The Morgan fingerprint density at radius 1 is 1.28 bits per heavy atom. The zero-order valence-corrected chi connectivity index (χ0v) is 14.1. The predicted molar refractivity (Wildman–Crippen MR) is 88.9 cm³/mol. The molecule has 2 aromatic carbocycles. The Labute approximate surface area is 144 Å². The van der Waals surface area contributed by atoms with Crippen LogP contribution in [0.1, 0.15) is 35.3 Å². The van der Waals surface area contributed by atoms with E-state index >= 15 is 0 Å². The molecule has 25 heavy (non-hydrogen) atoms. The van der Waals surface area contributed by atoms with Crippen molar-refractivity contribution in [3.8, 4) is 11.5 Å². The molecule has 3 rings (SSSR count). The van der Waals surface area contributed by atoms with Gasteiger partial charge >= 0.3 is 0 Å². The van der Waals surface area contributed by atoms with Crippen molar-refractivity contribution < 1.29 is 23.0 Å². The standard InChI is InChI=1S/C19H19F2NO3/c1-3-24-17-8-13-6-11(2)25-18(13)9-14(17)10-22-19(23)12-4-5-15(20)16(21)7-12/h4-5,7-9,11H,3,6,10H2,1-2H3,(H,22,23)/t11-/m0/s1. The second-order valence-corrected chi connectivity index (χ2v) is 5.94. The van der Waals surface area contributed by atoms with Crippen molar-refractivity contribution in [1.82, 2.24) is 5.32 Å². The summed E-state index contributed by atoms with van der Waals surface area (Å²) in [6.07, 6.45) is 0.924. The number of carbonyl (C=O) groups excluding carboxylic acids is 1. The van der Waals surface area contributed by atoms with E-state index in [4.69, 9.17) is 9.47 Å². The lowest BCUT2D eigenvalue weighted by molar-refractivity contribution is 0.0950. The number of halogens is 2. The number of fused-ring (bicyclic) bond motifs is 1. The first kappa shape index (κ1) is 17.2. The molecule has 0 saturated heterocycles. The summed E-state index contributed by atoms with van der Waals surface area (Å²) in [5.41, 5.74) is 1.90. The minimum atomic E-state index is -1.05. The van der Waals surface area contributed by atoms with E-state index in [1.54, 1.807) is 0 Å². The maximum Gasteiger partial charge on any atom is 0.251 e. The zero-order valence-electron chi connectivity index (χ0n) is 14.1. The van der Waals surface area contributed by atoms with Gasteiger partial charge in [0.05, 0.1) is 6.61 Å². The quantitative estimate of drug-likeness (QED) is 0.899. The van der Waals surface area contributed by atoms with Gasteiger partial charge in [-0.05, 0) is 44.2 Å². The summed E-state index contributed by atoms with van der Waals surface area (Å²) in [5, 5.41) is 2.70. The summed E-state index contributed by atoms with van der Waals surface area (Å²) in [4.78, 5) is 12.2. The Balaban J connectivity index is 1.77. The largest absolute Gasteiger partial charge is 0.494 e. The molecule has 6 heteroatoms. The van der Waals surface area contributed by atoms with E-state index in [1.165, 1.54) is 6.07 Å². The number of benzene rings is 2. The highest BCUT2D eigenvalue weighted by molar-refractivity contribution is 5.94. The number of hydrogen-bond donors (Lipinski definition) is 1. The van der Waals surface area contributed by atoms with Gasteiger partial charge in [0.15, 0.2) is 11.6 Å². The Hall–Kier alpha value is -2.63. The van der Waals surface area contributed by atoms with Gasteiger partial charge in [-0.25, -0.2) is 8.78 Å². The third-order valence-electron chi connectivity index (χ3n) is 4.00. The fraction of sp³-hybridized carbons (Fsp3) is 0.316. The second-order valence-electron chi connectivity index (χ2n) is 5.94. The normalized spacial score (nSPS) is 15.4. The Kier molecular flexibility index (Phi) is 4.88. The van der Waals surface area contributed by atoms with Crippen LogP contribution in [0.3, 0.4) is 0 Å². The van der Waals surface area contributed by atoms with Gasteiger partial charge in [-0.2, -0.15) is 0 Å². The molecule has 132 valence electrons. The Bertz CT molecular complexity index is 807. The number of ether oxygens (including phenoxy) is 2. The highest BCUT2D eigenvalue weighted by Crippen LogP contribution is 2.35. The molecule has 0 unspecified atom stereocenters. The highest BCUT2D eigenvalue weighted by atomic mass is 19.2. The maximum atomic E-state index is 13.3. The van der Waals surface area contributed by atoms with Crippen molar-refractivity contribution in [2.75, 3.05) is 6.61 Å². The number of rotatable bonds is 5. The van der Waals surface area contributed by atoms with E-state index < -0.39 is 17.5 Å². The van der Waals surface area contributed by atoms with Gasteiger partial charge in [0.25, 0.3) is 5.91 Å². The van der Waals surface area contributed by atoms with E-state index in [1.807, 2.05) is 26.0 Å². The lowest BCUT2D eigenvalue weighted by Crippen LogP contribution is -2.23. The molecule has 0 spiro atoms. The molecule has 1 N–H and O–H groups in total. The molecular formula is C19H19F2NO3. The smallest absolute Gasteiger partial charge is 0.251 e. The van der Waals surface area contributed by atoms with E-state index in [9.17, 15) is 13.6 Å². The minimum Gasteiger partial charge on any atom is -0.494 e. The third-order valence-corrected chi connectivity index (χ3v) is 4.00. The van der Waals surface area contributed by atoms with Crippen LogP contribution in [-0.2, 0) is 13.0 Å². The van der Waals surface area contributed by atoms with E-state index in [2.05, 4.69) is 5.32 Å². The molecule has 0 bridgehead atoms. The van der Waals surface area contributed by atoms with Gasteiger partial charge < -0.3 is 14.8 Å². The van der Waals surface area contributed by atoms with Gasteiger partial charge in [0, 0.05) is 29.7 Å². The third kappa shape index (κ3) is 3.73. The van der Waals surface area contributed by atoms with Crippen molar-refractivity contribution in [1.29, 1.82) is 0 Å². The summed E-state index contributed by atoms with van der Waals surface area (Å²) in [5.74, 6) is -1.06. The van der Waals surface area contributed by atoms with Gasteiger partial charge in [-0.1, -0.05) is 0 Å². The molecule has 4 nitrogen and oxygen atoms in total. The summed E-state index contributed by atoms with van der Waals surface area (Å²) < 4.78 is 37.6. The number of hydrogen-bond acceptors (Lipinski definition) is 3. The molecular weight excluding hydrogens is 328 g/mol. The topological polar surface area (TPSA) is 47.6 Å². The minimum absolute atomic E-state index is 0.0582. The summed E-state index contributed by atoms with van der Waals surface area (Å²) in [7, 11) is 0. The molecule has 0 aliphatic carbocycles. The Morgan fingerprint density at radius 3 is 2.80 bits per heavy atom. The van der Waals surface area contributed by atoms with Crippen molar-refractivity contribution in [2.45, 2.75) is 32.9 Å². The first-order valence-electron chi connectivity index (χ1n) is 8.16. The predicted octanol–water partition coefficient (Wildman–Crippen LogP) is 3.62. The van der Waals surface area contributed by atoms with Gasteiger partial charge in [0.2, 0.25) is 0 Å². The molecule has 1 heterocycles. The SMILES string of the molecule is CCOc1cc2c(cc1CNC(=O)c1ccc(F)c(F)c1)O[C@@H](C)C2. The van der Waals surface area contributed by atoms with Crippen LogP contribution in [0, 0.1) is 11.6 Å². The second kappa shape index (κ2) is 7.09. The van der Waals surface area contributed by atoms with Crippen molar-refractivity contribution in [3.63, 3.8) is 0 Å². The first-order valence-corrected chi connectivity index (χ1v) is 8.16. The van der Waals surface area contributed by atoms with Crippen LogP contribution < -0.4 is 14.8 Å². The van der Waals surface area contributed by atoms with Crippen LogP contribution in [0.5, 0.6) is 11.5 Å². The van der Waals surface area contributed by atoms with E-state index in [0.717, 1.165) is 35.4 Å². The van der Waals surface area contributed by atoms with Crippen molar-refractivity contribution in [2.24, 2.45) is 0 Å². The van der Waals surface area contributed by atoms with Gasteiger partial charge in [-0.3, -0.25) is 4.79 Å². The van der Waals surface area contributed by atoms with Crippen LogP contribution >= 0.6 is 0 Å². The summed E-state index contributed by atoms with van der Waals surface area (Å²) >= 11 is 0. The fourth-order valence-electron chi connectivity index (χ4n) is 2.82. The maximum absolute atomic E-state index is 13.3. The number of carbonyl (C=O) groups is 1. The molecule has 0 radical (unpaired) electrons. The average Bonchev–Trinajstić information content (AvgIpc) is 2.94. The number of nitrogens with one attached hydrogen (secondary N) is 1. The van der Waals surface area contributed by atoms with E-state index in [0.29, 0.717) is 12.4 Å². The molecule has 1 amide bonds. The van der Waals surface area contributed by atoms with Gasteiger partial charge in [0.1, 0.15) is 17.6 Å². The van der Waals surface area contributed by atoms with Crippen LogP contribution in [0.2, 0.25) is 0 Å². The highest BCUT2D eigenvalue weighted by Gasteiger charge is 2.22. The molecule has 0 aromatic heterocycles. The summed E-state index contributed by atoms with van der Waals surface area (Å²) in [6.45, 7) is 4.57. The first-order chi connectivity index (χ1) is 12.0. The lowest BCUT2D eigenvalue weighted by Gasteiger charge is -2.13. The fourth-order valence-corrected chi connectivity index (χ4v) is 2.82. The molecule has 2 aromatic rings. The monoisotopic (exact) mass is 347 g/mol. The van der Waals surface area contributed by atoms with Crippen LogP contribution in [0.15, 0.2) is 30.3 Å². The van der Waals surface area contributed by atoms with E-state index in [-0.39, 0.29) is 18.2 Å². The van der Waals surface area contributed by atoms with Crippen molar-refractivity contribution in [3.05, 3.63) is 58.7 Å². The van der Waals surface area contributed by atoms with Crippen LogP contribution in [0.25, 0.3) is 0 Å². The van der Waals surface area contributed by atoms with Crippen LogP contribution in [0.4, 0.5) is 8.78 Å². The molecule has 0 saturated carbocycles. The molecule has 1 aliphatic rings. The van der Waals surface area contributed by atoms with Crippen molar-refractivity contribution >= 4 is 5.91 Å². The average molecular weight is 347 g/mol. The zero-order chi connectivity index (χ0) is 18.0. The summed E-state index contributed by atoms with van der Waals surface area (Å²) in [6, 6.07) is 6.84.